The van der Waals surface area contributed by atoms with Crippen molar-refractivity contribution >= 4 is 0 Å². The Morgan fingerprint density at radius 2 is 2.38 bits per heavy atom. The maximum Gasteiger partial charge on any atom is 0.166 e. The van der Waals surface area contributed by atoms with E-state index in [1.54, 1.807) is 24.1 Å². The van der Waals surface area contributed by atoms with Crippen molar-refractivity contribution in [1.82, 2.24) is 19.7 Å². The van der Waals surface area contributed by atoms with Gasteiger partial charge < -0.3 is 9.30 Å². The molecule has 0 saturated carbocycles. The van der Waals surface area contributed by atoms with E-state index in [0.29, 0.717) is 24.5 Å². The van der Waals surface area contributed by atoms with Gasteiger partial charge in [0, 0.05) is 19.9 Å². The average Bonchev–Trinajstić information content (AvgIpc) is 2.75. The Kier molecular flexibility index (Phi) is 3.21. The third-order valence-electron chi connectivity index (χ3n) is 2.17. The van der Waals surface area contributed by atoms with Gasteiger partial charge in [0.1, 0.15) is 6.33 Å². The highest BCUT2D eigenvalue weighted by atomic mass is 19.1. The van der Waals surface area contributed by atoms with Crippen LogP contribution in [0, 0.1) is 5.82 Å². The molecule has 0 N–H and O–H groups in total. The zero-order chi connectivity index (χ0) is 11.4. The van der Waals surface area contributed by atoms with Crippen LogP contribution in [0.15, 0.2) is 24.8 Å². The molecule has 2 aromatic heterocycles. The van der Waals surface area contributed by atoms with Gasteiger partial charge in [0.15, 0.2) is 11.6 Å². The van der Waals surface area contributed by atoms with Crippen LogP contribution in [0.4, 0.5) is 4.39 Å². The molecule has 0 fully saturated rings. The van der Waals surface area contributed by atoms with Gasteiger partial charge in [-0.1, -0.05) is 0 Å². The highest BCUT2D eigenvalue weighted by Gasteiger charge is 2.11. The summed E-state index contributed by atoms with van der Waals surface area (Å²) in [6.45, 7) is 1.11. The second kappa shape index (κ2) is 4.80. The molecule has 0 bridgehead atoms. The van der Waals surface area contributed by atoms with E-state index < -0.39 is 5.82 Å². The van der Waals surface area contributed by atoms with E-state index in [9.17, 15) is 4.39 Å². The normalized spacial score (nSPS) is 10.6. The summed E-state index contributed by atoms with van der Waals surface area (Å²) in [5.41, 5.74) is 0.392. The molecular weight excluding hydrogens is 211 g/mol. The second-order valence-corrected chi connectivity index (χ2v) is 3.20. The standard InChI is InChI=1S/C10H11FN4O/c1-16-5-4-15-7-13-14-10(15)8-2-3-12-6-9(8)11/h2-3,6-7H,4-5H2,1H3. The van der Waals surface area contributed by atoms with Crippen molar-refractivity contribution in [2.45, 2.75) is 6.54 Å². The maximum absolute atomic E-state index is 13.5. The number of aromatic nitrogens is 4. The Hall–Kier alpha value is -1.82. The van der Waals surface area contributed by atoms with E-state index in [1.807, 2.05) is 0 Å². The van der Waals surface area contributed by atoms with Crippen LogP contribution in [-0.2, 0) is 11.3 Å². The van der Waals surface area contributed by atoms with Gasteiger partial charge in [0.2, 0.25) is 0 Å². The number of halogens is 1. The van der Waals surface area contributed by atoms with Crippen LogP contribution in [0.3, 0.4) is 0 Å². The number of methoxy groups -OCH3 is 1. The molecular formula is C10H11FN4O. The Bertz CT molecular complexity index is 471. The molecule has 0 amide bonds. The van der Waals surface area contributed by atoms with Gasteiger partial charge in [-0.3, -0.25) is 4.98 Å². The van der Waals surface area contributed by atoms with E-state index >= 15 is 0 Å². The number of ether oxygens (including phenoxy) is 1. The smallest absolute Gasteiger partial charge is 0.166 e. The van der Waals surface area contributed by atoms with Crippen molar-refractivity contribution in [3.63, 3.8) is 0 Å². The van der Waals surface area contributed by atoms with E-state index in [4.69, 9.17) is 4.74 Å². The highest BCUT2D eigenvalue weighted by Crippen LogP contribution is 2.18. The summed E-state index contributed by atoms with van der Waals surface area (Å²) < 4.78 is 20.2. The number of nitrogens with zero attached hydrogens (tertiary/aromatic N) is 4. The molecule has 0 aliphatic heterocycles. The zero-order valence-electron chi connectivity index (χ0n) is 8.80. The first kappa shape index (κ1) is 10.7. The topological polar surface area (TPSA) is 52.8 Å². The van der Waals surface area contributed by atoms with Crippen molar-refractivity contribution in [3.05, 3.63) is 30.6 Å². The minimum atomic E-state index is -0.408. The number of hydrogen-bond acceptors (Lipinski definition) is 4. The first-order valence-electron chi connectivity index (χ1n) is 4.79. The fourth-order valence-corrected chi connectivity index (χ4v) is 1.37. The summed E-state index contributed by atoms with van der Waals surface area (Å²) in [5, 5.41) is 7.65. The van der Waals surface area contributed by atoms with Crippen molar-refractivity contribution in [2.24, 2.45) is 0 Å². The molecule has 16 heavy (non-hydrogen) atoms. The molecule has 2 heterocycles. The molecule has 0 aromatic carbocycles. The quantitative estimate of drug-likeness (QED) is 0.778. The summed E-state index contributed by atoms with van der Waals surface area (Å²) in [4.78, 5) is 3.69. The lowest BCUT2D eigenvalue weighted by molar-refractivity contribution is 0.187. The lowest BCUT2D eigenvalue weighted by atomic mass is 10.2. The van der Waals surface area contributed by atoms with Gasteiger partial charge in [0.05, 0.1) is 18.4 Å². The van der Waals surface area contributed by atoms with Gasteiger partial charge >= 0.3 is 0 Å². The van der Waals surface area contributed by atoms with E-state index in [-0.39, 0.29) is 0 Å². The van der Waals surface area contributed by atoms with Gasteiger partial charge in [-0.25, -0.2) is 4.39 Å². The van der Waals surface area contributed by atoms with Gasteiger partial charge in [0.25, 0.3) is 0 Å². The van der Waals surface area contributed by atoms with Crippen LogP contribution >= 0.6 is 0 Å². The Balaban J connectivity index is 2.33. The minimum absolute atomic E-state index is 0.392. The molecule has 0 radical (unpaired) electrons. The number of hydrogen-bond donors (Lipinski definition) is 0. The number of pyridine rings is 1. The van der Waals surface area contributed by atoms with Gasteiger partial charge in [-0.05, 0) is 6.07 Å². The monoisotopic (exact) mass is 222 g/mol. The van der Waals surface area contributed by atoms with Crippen LogP contribution in [-0.4, -0.2) is 33.5 Å². The molecule has 0 aliphatic rings. The molecule has 0 aliphatic carbocycles. The van der Waals surface area contributed by atoms with Crippen LogP contribution < -0.4 is 0 Å². The van der Waals surface area contributed by atoms with Crippen LogP contribution in [0.1, 0.15) is 0 Å². The Labute approximate surface area is 91.9 Å². The van der Waals surface area contributed by atoms with Crippen LogP contribution in [0.5, 0.6) is 0 Å². The predicted octanol–water partition coefficient (Wildman–Crippen LogP) is 1.13. The summed E-state index contributed by atoms with van der Waals surface area (Å²) >= 11 is 0. The average molecular weight is 222 g/mol. The van der Waals surface area contributed by atoms with Gasteiger partial charge in [-0.2, -0.15) is 0 Å². The third-order valence-corrected chi connectivity index (χ3v) is 2.17. The van der Waals surface area contributed by atoms with Crippen molar-refractivity contribution in [1.29, 1.82) is 0 Å². The molecule has 0 unspecified atom stereocenters. The minimum Gasteiger partial charge on any atom is -0.383 e. The van der Waals surface area contributed by atoms with E-state index in [2.05, 4.69) is 15.2 Å². The van der Waals surface area contributed by atoms with Crippen molar-refractivity contribution in [2.75, 3.05) is 13.7 Å². The molecule has 0 atom stereocenters. The van der Waals surface area contributed by atoms with Gasteiger partial charge in [-0.15, -0.1) is 10.2 Å². The van der Waals surface area contributed by atoms with Crippen LogP contribution in [0.25, 0.3) is 11.4 Å². The van der Waals surface area contributed by atoms with Crippen molar-refractivity contribution in [3.8, 4) is 11.4 Å². The molecule has 6 heteroatoms. The fraction of sp³-hybridized carbons (Fsp3) is 0.300. The van der Waals surface area contributed by atoms with E-state index in [1.165, 1.54) is 6.20 Å². The second-order valence-electron chi connectivity index (χ2n) is 3.20. The van der Waals surface area contributed by atoms with E-state index in [0.717, 1.165) is 6.20 Å². The van der Waals surface area contributed by atoms with Crippen molar-refractivity contribution < 1.29 is 9.13 Å². The summed E-state index contributed by atoms with van der Waals surface area (Å²) in [5.74, 6) is 0.0751. The molecule has 84 valence electrons. The first-order chi connectivity index (χ1) is 7.83. The summed E-state index contributed by atoms with van der Waals surface area (Å²) in [7, 11) is 1.61. The Morgan fingerprint density at radius 3 is 3.12 bits per heavy atom. The molecule has 0 saturated heterocycles. The third kappa shape index (κ3) is 2.06. The largest absolute Gasteiger partial charge is 0.383 e. The molecule has 2 rings (SSSR count). The maximum atomic E-state index is 13.5. The lowest BCUT2D eigenvalue weighted by Crippen LogP contribution is -2.05. The summed E-state index contributed by atoms with van der Waals surface area (Å²) in [6, 6.07) is 1.57. The molecule has 2 aromatic rings. The lowest BCUT2D eigenvalue weighted by Gasteiger charge is -2.05. The molecule has 5 nitrogen and oxygen atoms in total. The highest BCUT2D eigenvalue weighted by molar-refractivity contribution is 5.54. The van der Waals surface area contributed by atoms with Crippen LogP contribution in [0.2, 0.25) is 0 Å². The first-order valence-corrected chi connectivity index (χ1v) is 4.79. The number of rotatable bonds is 4. The Morgan fingerprint density at radius 1 is 1.50 bits per heavy atom. The zero-order valence-corrected chi connectivity index (χ0v) is 8.80. The SMILES string of the molecule is COCCn1cnnc1-c1ccncc1F. The fourth-order valence-electron chi connectivity index (χ4n) is 1.37. The summed E-state index contributed by atoms with van der Waals surface area (Å²) in [6.07, 6.45) is 4.23. The molecule has 0 spiro atoms. The predicted molar refractivity (Wildman–Crippen MR) is 55.1 cm³/mol.